The van der Waals surface area contributed by atoms with Crippen LogP contribution in [0.25, 0.3) is 10.8 Å². The van der Waals surface area contributed by atoms with Gasteiger partial charge in [-0.3, -0.25) is 4.79 Å². The number of hydrogen-bond donors (Lipinski definition) is 1. The fourth-order valence-electron chi connectivity index (χ4n) is 2.53. The summed E-state index contributed by atoms with van der Waals surface area (Å²) in [5, 5.41) is 5.28. The molecule has 0 radical (unpaired) electrons. The van der Waals surface area contributed by atoms with Crippen molar-refractivity contribution in [1.29, 1.82) is 0 Å². The third kappa shape index (κ3) is 3.96. The van der Waals surface area contributed by atoms with Crippen LogP contribution in [0, 0.1) is 0 Å². The number of ether oxygens (including phenoxy) is 1. The minimum atomic E-state index is -0.0700. The van der Waals surface area contributed by atoms with Crippen molar-refractivity contribution in [2.75, 3.05) is 13.2 Å². The zero-order valence-corrected chi connectivity index (χ0v) is 12.9. The highest BCUT2D eigenvalue weighted by Gasteiger charge is 2.03. The number of carbonyl (C=O) groups excluding carboxylic acids is 1. The van der Waals surface area contributed by atoms with Gasteiger partial charge in [0.25, 0.3) is 5.91 Å². The van der Waals surface area contributed by atoms with Gasteiger partial charge in [-0.25, -0.2) is 0 Å². The van der Waals surface area contributed by atoms with Crippen molar-refractivity contribution < 1.29 is 9.53 Å². The molecule has 0 atom stereocenters. The second-order valence-electron chi connectivity index (χ2n) is 5.31. The molecule has 0 spiro atoms. The van der Waals surface area contributed by atoms with Crippen molar-refractivity contribution in [3.63, 3.8) is 0 Å². The quantitative estimate of drug-likeness (QED) is 0.704. The Morgan fingerprint density at radius 1 is 0.870 bits per heavy atom. The number of carbonyl (C=O) groups is 1. The van der Waals surface area contributed by atoms with Crippen molar-refractivity contribution in [2.45, 2.75) is 6.61 Å². The molecule has 23 heavy (non-hydrogen) atoms. The van der Waals surface area contributed by atoms with E-state index < -0.39 is 0 Å². The summed E-state index contributed by atoms with van der Waals surface area (Å²) in [5.74, 6) is -0.0700. The molecule has 0 heterocycles. The van der Waals surface area contributed by atoms with Gasteiger partial charge in [0.1, 0.15) is 0 Å². The van der Waals surface area contributed by atoms with Crippen molar-refractivity contribution in [1.82, 2.24) is 5.32 Å². The SMILES string of the molecule is O=C(NCCOCc1cccc2ccccc12)c1ccccc1. The van der Waals surface area contributed by atoms with Crippen LogP contribution in [0.5, 0.6) is 0 Å². The number of hydrogen-bond acceptors (Lipinski definition) is 2. The van der Waals surface area contributed by atoms with Crippen molar-refractivity contribution in [3.05, 3.63) is 83.9 Å². The summed E-state index contributed by atoms with van der Waals surface area (Å²) in [6.07, 6.45) is 0. The Kier molecular flexibility index (Phi) is 5.02. The lowest BCUT2D eigenvalue weighted by Gasteiger charge is -2.09. The summed E-state index contributed by atoms with van der Waals surface area (Å²) in [5.41, 5.74) is 1.83. The Morgan fingerprint density at radius 2 is 1.61 bits per heavy atom. The highest BCUT2D eigenvalue weighted by molar-refractivity contribution is 5.94. The molecular weight excluding hydrogens is 286 g/mol. The molecule has 0 saturated carbocycles. The summed E-state index contributed by atoms with van der Waals surface area (Å²) in [7, 11) is 0. The molecule has 3 nitrogen and oxygen atoms in total. The van der Waals surface area contributed by atoms with E-state index >= 15 is 0 Å². The Labute approximate surface area is 135 Å². The minimum absolute atomic E-state index is 0.0700. The molecule has 116 valence electrons. The average molecular weight is 305 g/mol. The first-order valence-electron chi connectivity index (χ1n) is 7.72. The van der Waals surface area contributed by atoms with E-state index in [0.717, 1.165) is 5.56 Å². The van der Waals surface area contributed by atoms with Gasteiger partial charge in [-0.2, -0.15) is 0 Å². The van der Waals surface area contributed by atoms with E-state index in [2.05, 4.69) is 29.6 Å². The second kappa shape index (κ2) is 7.56. The number of rotatable bonds is 6. The number of benzene rings is 3. The summed E-state index contributed by atoms with van der Waals surface area (Å²) in [4.78, 5) is 11.9. The molecule has 0 fully saturated rings. The maximum atomic E-state index is 11.9. The lowest BCUT2D eigenvalue weighted by Crippen LogP contribution is -2.27. The van der Waals surface area contributed by atoms with E-state index in [0.29, 0.717) is 25.3 Å². The van der Waals surface area contributed by atoms with Gasteiger partial charge in [0, 0.05) is 12.1 Å². The van der Waals surface area contributed by atoms with E-state index in [4.69, 9.17) is 4.74 Å². The van der Waals surface area contributed by atoms with E-state index in [9.17, 15) is 4.79 Å². The van der Waals surface area contributed by atoms with Gasteiger partial charge in [0.15, 0.2) is 0 Å². The van der Waals surface area contributed by atoms with Gasteiger partial charge in [-0.1, -0.05) is 60.7 Å². The lowest BCUT2D eigenvalue weighted by molar-refractivity contribution is 0.0902. The predicted octanol–water partition coefficient (Wildman–Crippen LogP) is 3.79. The molecular formula is C20H19NO2. The molecule has 0 aromatic heterocycles. The molecule has 0 bridgehead atoms. The zero-order valence-electron chi connectivity index (χ0n) is 12.9. The summed E-state index contributed by atoms with van der Waals surface area (Å²) < 4.78 is 5.70. The molecule has 3 rings (SSSR count). The number of nitrogens with one attached hydrogen (secondary N) is 1. The maximum absolute atomic E-state index is 11.9. The van der Waals surface area contributed by atoms with Crippen molar-refractivity contribution in [2.24, 2.45) is 0 Å². The molecule has 0 aliphatic rings. The highest BCUT2D eigenvalue weighted by atomic mass is 16.5. The van der Waals surface area contributed by atoms with Gasteiger partial charge in [0.05, 0.1) is 13.2 Å². The molecule has 0 aliphatic carbocycles. The Balaban J connectivity index is 1.47. The third-order valence-electron chi connectivity index (χ3n) is 3.71. The fourth-order valence-corrected chi connectivity index (χ4v) is 2.53. The van der Waals surface area contributed by atoms with Crippen LogP contribution >= 0.6 is 0 Å². The van der Waals surface area contributed by atoms with Crippen molar-refractivity contribution in [3.8, 4) is 0 Å². The molecule has 3 aromatic carbocycles. The maximum Gasteiger partial charge on any atom is 0.251 e. The van der Waals surface area contributed by atoms with E-state index in [-0.39, 0.29) is 5.91 Å². The van der Waals surface area contributed by atoms with Crippen LogP contribution in [0.3, 0.4) is 0 Å². The molecule has 3 aromatic rings. The van der Waals surface area contributed by atoms with Crippen LogP contribution in [0.4, 0.5) is 0 Å². The fraction of sp³-hybridized carbons (Fsp3) is 0.150. The first kappa shape index (κ1) is 15.3. The van der Waals surface area contributed by atoms with E-state index in [1.54, 1.807) is 12.1 Å². The van der Waals surface area contributed by atoms with Crippen LogP contribution in [-0.2, 0) is 11.3 Å². The Bertz CT molecular complexity index is 779. The van der Waals surface area contributed by atoms with Crippen molar-refractivity contribution >= 4 is 16.7 Å². The zero-order chi connectivity index (χ0) is 15.9. The summed E-state index contributed by atoms with van der Waals surface area (Å²) in [6, 6.07) is 23.7. The van der Waals surface area contributed by atoms with Gasteiger partial charge in [-0.05, 0) is 28.5 Å². The molecule has 3 heteroatoms. The van der Waals surface area contributed by atoms with Crippen LogP contribution in [-0.4, -0.2) is 19.1 Å². The molecule has 0 unspecified atom stereocenters. The van der Waals surface area contributed by atoms with Gasteiger partial charge in [-0.15, -0.1) is 0 Å². The van der Waals surface area contributed by atoms with Crippen LogP contribution < -0.4 is 5.32 Å². The first-order chi connectivity index (χ1) is 11.3. The predicted molar refractivity (Wildman–Crippen MR) is 92.4 cm³/mol. The van der Waals surface area contributed by atoms with Crippen LogP contribution in [0.1, 0.15) is 15.9 Å². The Hall–Kier alpha value is -2.65. The minimum Gasteiger partial charge on any atom is -0.375 e. The normalized spacial score (nSPS) is 10.6. The number of fused-ring (bicyclic) bond motifs is 1. The molecule has 1 N–H and O–H groups in total. The van der Waals surface area contributed by atoms with E-state index in [1.165, 1.54) is 10.8 Å². The lowest BCUT2D eigenvalue weighted by atomic mass is 10.1. The standard InChI is InChI=1S/C20H19NO2/c22-20(17-8-2-1-3-9-17)21-13-14-23-15-18-11-6-10-16-7-4-5-12-19(16)18/h1-12H,13-15H2,(H,21,22). The smallest absolute Gasteiger partial charge is 0.251 e. The molecule has 1 amide bonds. The van der Waals surface area contributed by atoms with Crippen LogP contribution in [0.2, 0.25) is 0 Å². The third-order valence-corrected chi connectivity index (χ3v) is 3.71. The van der Waals surface area contributed by atoms with Gasteiger partial charge < -0.3 is 10.1 Å². The summed E-state index contributed by atoms with van der Waals surface area (Å²) >= 11 is 0. The first-order valence-corrected chi connectivity index (χ1v) is 7.72. The van der Waals surface area contributed by atoms with E-state index in [1.807, 2.05) is 36.4 Å². The van der Waals surface area contributed by atoms with Gasteiger partial charge >= 0.3 is 0 Å². The number of amides is 1. The molecule has 0 saturated heterocycles. The largest absolute Gasteiger partial charge is 0.375 e. The topological polar surface area (TPSA) is 38.3 Å². The average Bonchev–Trinajstić information content (AvgIpc) is 2.62. The molecule has 0 aliphatic heterocycles. The second-order valence-corrected chi connectivity index (χ2v) is 5.31. The van der Waals surface area contributed by atoms with Gasteiger partial charge in [0.2, 0.25) is 0 Å². The summed E-state index contributed by atoms with van der Waals surface area (Å²) in [6.45, 7) is 1.53. The Morgan fingerprint density at radius 3 is 2.48 bits per heavy atom. The monoisotopic (exact) mass is 305 g/mol. The van der Waals surface area contributed by atoms with Crippen LogP contribution in [0.15, 0.2) is 72.8 Å². The highest BCUT2D eigenvalue weighted by Crippen LogP contribution is 2.18.